The second-order valence-corrected chi connectivity index (χ2v) is 5.38. The van der Waals surface area contributed by atoms with Crippen molar-refractivity contribution in [2.24, 2.45) is 5.73 Å². The number of nitrogens with two attached hydrogens (primary N) is 1. The van der Waals surface area contributed by atoms with Gasteiger partial charge in [-0.2, -0.15) is 11.3 Å². The summed E-state index contributed by atoms with van der Waals surface area (Å²) in [6, 6.07) is 3.80. The topological polar surface area (TPSA) is 29.3 Å². The predicted octanol–water partition coefficient (Wildman–Crippen LogP) is 2.62. The summed E-state index contributed by atoms with van der Waals surface area (Å²) in [5, 5.41) is 4.41. The van der Waals surface area contributed by atoms with E-state index in [0.717, 1.165) is 19.4 Å². The molecule has 0 bridgehead atoms. The number of rotatable bonds is 2. The van der Waals surface area contributed by atoms with Crippen LogP contribution in [0.2, 0.25) is 0 Å². The van der Waals surface area contributed by atoms with Crippen molar-refractivity contribution in [3.05, 3.63) is 22.4 Å². The first-order valence-corrected chi connectivity index (χ1v) is 6.66. The zero-order chi connectivity index (χ0) is 10.8. The van der Waals surface area contributed by atoms with E-state index in [9.17, 15) is 0 Å². The van der Waals surface area contributed by atoms with Crippen LogP contribution >= 0.6 is 11.3 Å². The summed E-state index contributed by atoms with van der Waals surface area (Å²) < 4.78 is 0. The van der Waals surface area contributed by atoms with Crippen molar-refractivity contribution in [2.45, 2.75) is 44.8 Å². The molecule has 0 aliphatic carbocycles. The van der Waals surface area contributed by atoms with E-state index in [1.165, 1.54) is 5.56 Å². The highest BCUT2D eigenvalue weighted by atomic mass is 32.1. The molecule has 2 N–H and O–H groups in total. The van der Waals surface area contributed by atoms with E-state index in [1.807, 2.05) is 0 Å². The van der Waals surface area contributed by atoms with Crippen LogP contribution in [0.25, 0.3) is 0 Å². The lowest BCUT2D eigenvalue weighted by molar-refractivity contribution is 0.104. The molecule has 15 heavy (non-hydrogen) atoms. The molecule has 3 heteroatoms. The highest BCUT2D eigenvalue weighted by Crippen LogP contribution is 2.28. The van der Waals surface area contributed by atoms with Crippen LogP contribution in [-0.2, 0) is 0 Å². The van der Waals surface area contributed by atoms with Crippen LogP contribution in [0, 0.1) is 0 Å². The van der Waals surface area contributed by atoms with Gasteiger partial charge in [0.25, 0.3) is 0 Å². The molecule has 2 heterocycles. The maximum Gasteiger partial charge on any atom is 0.0330 e. The molecule has 1 aromatic heterocycles. The van der Waals surface area contributed by atoms with E-state index in [0.29, 0.717) is 18.1 Å². The monoisotopic (exact) mass is 224 g/mol. The van der Waals surface area contributed by atoms with Gasteiger partial charge >= 0.3 is 0 Å². The first-order chi connectivity index (χ1) is 7.18. The molecule has 84 valence electrons. The summed E-state index contributed by atoms with van der Waals surface area (Å²) in [4.78, 5) is 2.57. The van der Waals surface area contributed by atoms with Crippen molar-refractivity contribution in [3.8, 4) is 0 Å². The average molecular weight is 224 g/mol. The molecule has 1 saturated heterocycles. The molecule has 2 rings (SSSR count). The largest absolute Gasteiger partial charge is 0.328 e. The number of piperidine rings is 1. The van der Waals surface area contributed by atoms with E-state index in [4.69, 9.17) is 5.73 Å². The molecule has 0 spiro atoms. The molecule has 2 nitrogen and oxygen atoms in total. The number of hydrogen-bond acceptors (Lipinski definition) is 3. The first kappa shape index (κ1) is 11.1. The van der Waals surface area contributed by atoms with Crippen LogP contribution in [0.15, 0.2) is 16.8 Å². The Morgan fingerprint density at radius 1 is 1.60 bits per heavy atom. The number of nitrogens with zero attached hydrogens (tertiary/aromatic N) is 1. The third kappa shape index (κ3) is 2.41. The van der Waals surface area contributed by atoms with E-state index < -0.39 is 0 Å². The molecule has 1 aliphatic rings. The normalized spacial score (nSPS) is 30.3. The van der Waals surface area contributed by atoms with Gasteiger partial charge in [-0.15, -0.1) is 0 Å². The molecule has 1 aromatic rings. The van der Waals surface area contributed by atoms with E-state index in [1.54, 1.807) is 11.3 Å². The van der Waals surface area contributed by atoms with Gasteiger partial charge in [-0.05, 0) is 49.1 Å². The SMILES string of the molecule is CC1CC(N)CCN1C(C)c1ccsc1. The fourth-order valence-electron chi connectivity index (χ4n) is 2.51. The molecule has 1 fully saturated rings. The van der Waals surface area contributed by atoms with Gasteiger partial charge < -0.3 is 5.73 Å². The van der Waals surface area contributed by atoms with Gasteiger partial charge in [-0.3, -0.25) is 4.90 Å². The van der Waals surface area contributed by atoms with Crippen LogP contribution in [0.4, 0.5) is 0 Å². The van der Waals surface area contributed by atoms with E-state index >= 15 is 0 Å². The molecule has 1 aliphatic heterocycles. The van der Waals surface area contributed by atoms with Crippen molar-refractivity contribution < 1.29 is 0 Å². The standard InChI is InChI=1S/C12H20N2S/c1-9-7-12(13)3-5-14(9)10(2)11-4-6-15-8-11/h4,6,8-10,12H,3,5,7,13H2,1-2H3. The quantitative estimate of drug-likeness (QED) is 0.836. The highest BCUT2D eigenvalue weighted by Gasteiger charge is 2.27. The third-order valence-electron chi connectivity index (χ3n) is 3.49. The smallest absolute Gasteiger partial charge is 0.0330 e. The molecule has 0 saturated carbocycles. The Bertz CT molecular complexity index is 297. The van der Waals surface area contributed by atoms with Crippen molar-refractivity contribution in [2.75, 3.05) is 6.54 Å². The zero-order valence-corrected chi connectivity index (χ0v) is 10.3. The van der Waals surface area contributed by atoms with Gasteiger partial charge in [0.05, 0.1) is 0 Å². The summed E-state index contributed by atoms with van der Waals surface area (Å²) in [6.07, 6.45) is 2.27. The lowest BCUT2D eigenvalue weighted by Gasteiger charge is -2.40. The van der Waals surface area contributed by atoms with Gasteiger partial charge in [0, 0.05) is 24.7 Å². The van der Waals surface area contributed by atoms with Crippen LogP contribution in [-0.4, -0.2) is 23.5 Å². The van der Waals surface area contributed by atoms with Crippen LogP contribution in [0.1, 0.15) is 38.3 Å². The first-order valence-electron chi connectivity index (χ1n) is 5.72. The zero-order valence-electron chi connectivity index (χ0n) is 9.52. The molecule has 0 aromatic carbocycles. The summed E-state index contributed by atoms with van der Waals surface area (Å²) in [7, 11) is 0. The molecule has 3 atom stereocenters. The molecule has 0 radical (unpaired) electrons. The second-order valence-electron chi connectivity index (χ2n) is 4.60. The Morgan fingerprint density at radius 2 is 2.40 bits per heavy atom. The second kappa shape index (κ2) is 4.64. The maximum absolute atomic E-state index is 5.98. The molecule has 3 unspecified atom stereocenters. The fourth-order valence-corrected chi connectivity index (χ4v) is 3.25. The van der Waals surface area contributed by atoms with E-state index in [2.05, 4.69) is 35.6 Å². The highest BCUT2D eigenvalue weighted by molar-refractivity contribution is 7.07. The average Bonchev–Trinajstić information content (AvgIpc) is 2.69. The summed E-state index contributed by atoms with van der Waals surface area (Å²) in [5.74, 6) is 0. The minimum Gasteiger partial charge on any atom is -0.328 e. The molecular formula is C12H20N2S. The fraction of sp³-hybridized carbons (Fsp3) is 0.667. The van der Waals surface area contributed by atoms with Crippen molar-refractivity contribution >= 4 is 11.3 Å². The van der Waals surface area contributed by atoms with Gasteiger partial charge in [-0.1, -0.05) is 0 Å². The van der Waals surface area contributed by atoms with Crippen LogP contribution in [0.5, 0.6) is 0 Å². The lowest BCUT2D eigenvalue weighted by Crippen LogP contribution is -2.46. The Balaban J connectivity index is 2.04. The van der Waals surface area contributed by atoms with E-state index in [-0.39, 0.29) is 0 Å². The minimum atomic E-state index is 0.408. The number of hydrogen-bond donors (Lipinski definition) is 1. The van der Waals surface area contributed by atoms with Gasteiger partial charge in [0.2, 0.25) is 0 Å². The van der Waals surface area contributed by atoms with Crippen LogP contribution < -0.4 is 5.73 Å². The van der Waals surface area contributed by atoms with Crippen LogP contribution in [0.3, 0.4) is 0 Å². The Labute approximate surface area is 96.1 Å². The van der Waals surface area contributed by atoms with Gasteiger partial charge in [0.1, 0.15) is 0 Å². The summed E-state index contributed by atoms with van der Waals surface area (Å²) in [6.45, 7) is 5.73. The van der Waals surface area contributed by atoms with Gasteiger partial charge in [-0.25, -0.2) is 0 Å². The summed E-state index contributed by atoms with van der Waals surface area (Å²) in [5.41, 5.74) is 7.43. The Morgan fingerprint density at radius 3 is 3.00 bits per heavy atom. The van der Waals surface area contributed by atoms with Gasteiger partial charge in [0.15, 0.2) is 0 Å². The van der Waals surface area contributed by atoms with Crippen molar-refractivity contribution in [1.82, 2.24) is 4.90 Å². The predicted molar refractivity (Wildman–Crippen MR) is 66.1 cm³/mol. The maximum atomic E-state index is 5.98. The minimum absolute atomic E-state index is 0.408. The Hall–Kier alpha value is -0.380. The Kier molecular flexibility index (Phi) is 3.44. The number of likely N-dealkylation sites (tertiary alicyclic amines) is 1. The molecule has 0 amide bonds. The van der Waals surface area contributed by atoms with Crippen molar-refractivity contribution in [1.29, 1.82) is 0 Å². The lowest BCUT2D eigenvalue weighted by atomic mass is 9.96. The number of thiophene rings is 1. The summed E-state index contributed by atoms with van der Waals surface area (Å²) >= 11 is 1.78. The molecular weight excluding hydrogens is 204 g/mol. The van der Waals surface area contributed by atoms with Crippen molar-refractivity contribution in [3.63, 3.8) is 0 Å². The third-order valence-corrected chi connectivity index (χ3v) is 4.19.